The normalized spacial score (nSPS) is 25.8. The van der Waals surface area contributed by atoms with E-state index in [0.29, 0.717) is 0 Å². The van der Waals surface area contributed by atoms with E-state index in [0.717, 1.165) is 17.9 Å². The highest BCUT2D eigenvalue weighted by atomic mass is 15.2. The third-order valence-electron chi connectivity index (χ3n) is 3.50. The summed E-state index contributed by atoms with van der Waals surface area (Å²) in [6.07, 6.45) is 2.69. The zero-order valence-corrected chi connectivity index (χ0v) is 10.9. The smallest absolute Gasteiger partial charge is 0.0244 e. The van der Waals surface area contributed by atoms with Crippen molar-refractivity contribution in [2.75, 3.05) is 26.2 Å². The lowest BCUT2D eigenvalue weighted by Gasteiger charge is -2.40. The van der Waals surface area contributed by atoms with Gasteiger partial charge in [0.15, 0.2) is 0 Å². The van der Waals surface area contributed by atoms with Crippen molar-refractivity contribution in [1.82, 2.24) is 10.2 Å². The van der Waals surface area contributed by atoms with E-state index in [4.69, 9.17) is 0 Å². The van der Waals surface area contributed by atoms with Gasteiger partial charge in [0.1, 0.15) is 0 Å². The van der Waals surface area contributed by atoms with E-state index >= 15 is 0 Å². The molecule has 1 saturated heterocycles. The Morgan fingerprint density at radius 2 is 2.07 bits per heavy atom. The Hall–Kier alpha value is -0.0800. The standard InChI is InChI=1S/C13H28N2/c1-5-6-12(4)10-15-8-7-14-9-13(15)11(2)3/h11-14H,5-10H2,1-4H3. The van der Waals surface area contributed by atoms with Gasteiger partial charge in [0.2, 0.25) is 0 Å². The maximum atomic E-state index is 3.51. The molecule has 2 unspecified atom stereocenters. The molecule has 0 saturated carbocycles. The minimum absolute atomic E-state index is 0.748. The molecule has 0 aromatic carbocycles. The van der Waals surface area contributed by atoms with E-state index in [2.05, 4.69) is 37.9 Å². The molecule has 2 heteroatoms. The lowest BCUT2D eigenvalue weighted by molar-refractivity contribution is 0.106. The van der Waals surface area contributed by atoms with Gasteiger partial charge in [-0.25, -0.2) is 0 Å². The molecule has 1 aliphatic rings. The van der Waals surface area contributed by atoms with Gasteiger partial charge in [-0.2, -0.15) is 0 Å². The van der Waals surface area contributed by atoms with Crippen LogP contribution in [0.3, 0.4) is 0 Å². The first kappa shape index (κ1) is 13.0. The summed E-state index contributed by atoms with van der Waals surface area (Å²) in [6, 6.07) is 0.748. The molecule has 0 aromatic rings. The summed E-state index contributed by atoms with van der Waals surface area (Å²) in [4.78, 5) is 2.70. The van der Waals surface area contributed by atoms with Gasteiger partial charge in [-0.05, 0) is 18.3 Å². The Bertz CT molecular complexity index is 168. The molecule has 0 amide bonds. The van der Waals surface area contributed by atoms with E-state index in [9.17, 15) is 0 Å². The molecule has 0 aliphatic carbocycles. The predicted molar refractivity (Wildman–Crippen MR) is 67.1 cm³/mol. The highest BCUT2D eigenvalue weighted by molar-refractivity contribution is 4.82. The monoisotopic (exact) mass is 212 g/mol. The number of nitrogens with one attached hydrogen (secondary N) is 1. The Labute approximate surface area is 95.4 Å². The molecule has 2 atom stereocenters. The average molecular weight is 212 g/mol. The molecule has 1 aliphatic heterocycles. The van der Waals surface area contributed by atoms with Crippen LogP contribution in [-0.2, 0) is 0 Å². The van der Waals surface area contributed by atoms with Crippen LogP contribution in [0, 0.1) is 11.8 Å². The van der Waals surface area contributed by atoms with Crippen molar-refractivity contribution in [2.24, 2.45) is 11.8 Å². The van der Waals surface area contributed by atoms with Gasteiger partial charge < -0.3 is 5.32 Å². The van der Waals surface area contributed by atoms with Crippen molar-refractivity contribution >= 4 is 0 Å². The molecule has 1 N–H and O–H groups in total. The fraction of sp³-hybridized carbons (Fsp3) is 1.00. The number of piperazine rings is 1. The first-order valence-corrected chi connectivity index (χ1v) is 6.59. The van der Waals surface area contributed by atoms with E-state index < -0.39 is 0 Å². The predicted octanol–water partition coefficient (Wildman–Crippen LogP) is 2.35. The van der Waals surface area contributed by atoms with Gasteiger partial charge in [-0.15, -0.1) is 0 Å². The zero-order valence-electron chi connectivity index (χ0n) is 10.9. The Morgan fingerprint density at radius 3 is 2.67 bits per heavy atom. The van der Waals surface area contributed by atoms with Crippen LogP contribution in [0.15, 0.2) is 0 Å². The Kier molecular flexibility index (Phi) is 5.62. The highest BCUT2D eigenvalue weighted by Gasteiger charge is 2.25. The first-order chi connectivity index (χ1) is 7.15. The minimum atomic E-state index is 0.748. The topological polar surface area (TPSA) is 15.3 Å². The third-order valence-corrected chi connectivity index (χ3v) is 3.50. The molecular weight excluding hydrogens is 184 g/mol. The largest absolute Gasteiger partial charge is 0.314 e. The minimum Gasteiger partial charge on any atom is -0.314 e. The van der Waals surface area contributed by atoms with Gasteiger partial charge in [0, 0.05) is 32.2 Å². The van der Waals surface area contributed by atoms with E-state index in [1.165, 1.54) is 39.0 Å². The summed E-state index contributed by atoms with van der Waals surface area (Å²) in [5, 5.41) is 3.51. The molecule has 90 valence electrons. The first-order valence-electron chi connectivity index (χ1n) is 6.59. The summed E-state index contributed by atoms with van der Waals surface area (Å²) in [6.45, 7) is 14.2. The zero-order chi connectivity index (χ0) is 11.3. The van der Waals surface area contributed by atoms with Crippen molar-refractivity contribution in [3.63, 3.8) is 0 Å². The molecule has 1 rings (SSSR count). The van der Waals surface area contributed by atoms with Gasteiger partial charge in [-0.3, -0.25) is 4.90 Å². The van der Waals surface area contributed by atoms with Crippen LogP contribution in [0.4, 0.5) is 0 Å². The van der Waals surface area contributed by atoms with Gasteiger partial charge in [0.25, 0.3) is 0 Å². The third kappa shape index (κ3) is 4.12. The van der Waals surface area contributed by atoms with E-state index in [1.807, 2.05) is 0 Å². The summed E-state index contributed by atoms with van der Waals surface area (Å²) in [7, 11) is 0. The Balaban J connectivity index is 2.42. The van der Waals surface area contributed by atoms with Gasteiger partial charge in [-0.1, -0.05) is 34.1 Å². The van der Waals surface area contributed by atoms with Crippen LogP contribution in [0.5, 0.6) is 0 Å². The fourth-order valence-electron chi connectivity index (χ4n) is 2.64. The van der Waals surface area contributed by atoms with Crippen LogP contribution >= 0.6 is 0 Å². The van der Waals surface area contributed by atoms with Crippen molar-refractivity contribution in [1.29, 1.82) is 0 Å². The van der Waals surface area contributed by atoms with Gasteiger partial charge >= 0.3 is 0 Å². The van der Waals surface area contributed by atoms with Gasteiger partial charge in [0.05, 0.1) is 0 Å². The van der Waals surface area contributed by atoms with Crippen molar-refractivity contribution in [3.8, 4) is 0 Å². The fourth-order valence-corrected chi connectivity index (χ4v) is 2.64. The maximum absolute atomic E-state index is 3.51. The number of hydrogen-bond acceptors (Lipinski definition) is 2. The average Bonchev–Trinajstić information content (AvgIpc) is 2.18. The van der Waals surface area contributed by atoms with Crippen LogP contribution in [0.25, 0.3) is 0 Å². The molecule has 15 heavy (non-hydrogen) atoms. The summed E-state index contributed by atoms with van der Waals surface area (Å²) in [5.41, 5.74) is 0. The molecule has 0 spiro atoms. The summed E-state index contributed by atoms with van der Waals surface area (Å²) in [5.74, 6) is 1.63. The number of nitrogens with zero attached hydrogens (tertiary/aromatic N) is 1. The lowest BCUT2D eigenvalue weighted by atomic mass is 9.97. The molecule has 1 heterocycles. The molecule has 0 bridgehead atoms. The van der Waals surface area contributed by atoms with E-state index in [-0.39, 0.29) is 0 Å². The SMILES string of the molecule is CCCC(C)CN1CCNCC1C(C)C. The second-order valence-electron chi connectivity index (χ2n) is 5.40. The lowest BCUT2D eigenvalue weighted by Crippen LogP contribution is -2.54. The second-order valence-corrected chi connectivity index (χ2v) is 5.40. The van der Waals surface area contributed by atoms with Crippen molar-refractivity contribution < 1.29 is 0 Å². The molecule has 2 nitrogen and oxygen atoms in total. The Morgan fingerprint density at radius 1 is 1.33 bits per heavy atom. The van der Waals surface area contributed by atoms with Crippen molar-refractivity contribution in [2.45, 2.75) is 46.6 Å². The van der Waals surface area contributed by atoms with Crippen molar-refractivity contribution in [3.05, 3.63) is 0 Å². The number of hydrogen-bond donors (Lipinski definition) is 1. The van der Waals surface area contributed by atoms with E-state index in [1.54, 1.807) is 0 Å². The molecule has 0 aromatic heterocycles. The quantitative estimate of drug-likeness (QED) is 0.752. The number of rotatable bonds is 5. The maximum Gasteiger partial charge on any atom is 0.0244 e. The highest BCUT2D eigenvalue weighted by Crippen LogP contribution is 2.16. The summed E-state index contributed by atoms with van der Waals surface area (Å²) >= 11 is 0. The summed E-state index contributed by atoms with van der Waals surface area (Å²) < 4.78 is 0. The molecule has 1 fully saturated rings. The van der Waals surface area contributed by atoms with Crippen LogP contribution in [-0.4, -0.2) is 37.1 Å². The van der Waals surface area contributed by atoms with Crippen LogP contribution < -0.4 is 5.32 Å². The van der Waals surface area contributed by atoms with Crippen LogP contribution in [0.1, 0.15) is 40.5 Å². The van der Waals surface area contributed by atoms with Crippen LogP contribution in [0.2, 0.25) is 0 Å². The second kappa shape index (κ2) is 6.49. The molecule has 0 radical (unpaired) electrons. The molecular formula is C13H28N2.